The van der Waals surface area contributed by atoms with Crippen molar-refractivity contribution < 1.29 is 4.79 Å². The SMILES string of the molecule is Cc1ccc(C(=O)N2CCN(c3ccc(NCc4cnc(Cl)s4)cc3)CC2)cc1. The molecule has 2 aromatic carbocycles. The maximum atomic E-state index is 12.7. The number of rotatable bonds is 5. The quantitative estimate of drug-likeness (QED) is 0.643. The lowest BCUT2D eigenvalue weighted by Crippen LogP contribution is -2.48. The van der Waals surface area contributed by atoms with Gasteiger partial charge in [-0.1, -0.05) is 29.3 Å². The normalized spacial score (nSPS) is 14.1. The van der Waals surface area contributed by atoms with E-state index in [1.807, 2.05) is 36.1 Å². The average Bonchev–Trinajstić information content (AvgIpc) is 3.18. The molecule has 3 aromatic rings. The number of nitrogens with zero attached hydrogens (tertiary/aromatic N) is 3. The van der Waals surface area contributed by atoms with Crippen LogP contribution in [0.15, 0.2) is 54.7 Å². The number of carbonyl (C=O) groups is 1. The lowest BCUT2D eigenvalue weighted by Gasteiger charge is -2.36. The Morgan fingerprint density at radius 2 is 1.76 bits per heavy atom. The number of halogens is 1. The lowest BCUT2D eigenvalue weighted by atomic mass is 10.1. The van der Waals surface area contributed by atoms with Gasteiger partial charge in [-0.3, -0.25) is 4.79 Å². The summed E-state index contributed by atoms with van der Waals surface area (Å²) in [5.41, 5.74) is 4.17. The van der Waals surface area contributed by atoms with Crippen LogP contribution in [-0.4, -0.2) is 42.0 Å². The van der Waals surface area contributed by atoms with Gasteiger partial charge in [0.05, 0.1) is 6.54 Å². The second kappa shape index (κ2) is 8.84. The van der Waals surface area contributed by atoms with E-state index in [9.17, 15) is 4.79 Å². The van der Waals surface area contributed by atoms with Crippen molar-refractivity contribution in [2.45, 2.75) is 13.5 Å². The van der Waals surface area contributed by atoms with Crippen molar-refractivity contribution in [2.75, 3.05) is 36.4 Å². The summed E-state index contributed by atoms with van der Waals surface area (Å²) in [4.78, 5) is 22.1. The van der Waals surface area contributed by atoms with Crippen molar-refractivity contribution in [3.63, 3.8) is 0 Å². The Morgan fingerprint density at radius 1 is 1.07 bits per heavy atom. The lowest BCUT2D eigenvalue weighted by molar-refractivity contribution is 0.0747. The predicted molar refractivity (Wildman–Crippen MR) is 120 cm³/mol. The number of piperazine rings is 1. The molecular weight excluding hydrogens is 404 g/mol. The first-order valence-electron chi connectivity index (χ1n) is 9.63. The van der Waals surface area contributed by atoms with Crippen molar-refractivity contribution in [1.29, 1.82) is 0 Å². The average molecular weight is 427 g/mol. The smallest absolute Gasteiger partial charge is 0.253 e. The monoisotopic (exact) mass is 426 g/mol. The van der Waals surface area contributed by atoms with Crippen LogP contribution in [0.25, 0.3) is 0 Å². The minimum Gasteiger partial charge on any atom is -0.380 e. The molecule has 1 N–H and O–H groups in total. The molecule has 1 aliphatic heterocycles. The molecule has 7 heteroatoms. The maximum Gasteiger partial charge on any atom is 0.253 e. The van der Waals surface area contributed by atoms with E-state index in [4.69, 9.17) is 11.6 Å². The second-order valence-corrected chi connectivity index (χ2v) is 8.82. The van der Waals surface area contributed by atoms with E-state index in [-0.39, 0.29) is 5.91 Å². The number of aromatic nitrogens is 1. The van der Waals surface area contributed by atoms with Crippen LogP contribution in [0.2, 0.25) is 4.47 Å². The largest absolute Gasteiger partial charge is 0.380 e. The van der Waals surface area contributed by atoms with Gasteiger partial charge in [0.15, 0.2) is 4.47 Å². The first-order chi connectivity index (χ1) is 14.1. The molecule has 0 radical (unpaired) electrons. The van der Waals surface area contributed by atoms with Gasteiger partial charge in [-0.25, -0.2) is 4.98 Å². The number of carbonyl (C=O) groups excluding carboxylic acids is 1. The molecule has 2 heterocycles. The number of aryl methyl sites for hydroxylation is 1. The van der Waals surface area contributed by atoms with Gasteiger partial charge < -0.3 is 15.1 Å². The zero-order valence-electron chi connectivity index (χ0n) is 16.3. The zero-order valence-corrected chi connectivity index (χ0v) is 17.8. The highest BCUT2D eigenvalue weighted by Gasteiger charge is 2.22. The summed E-state index contributed by atoms with van der Waals surface area (Å²) in [5, 5.41) is 3.39. The highest BCUT2D eigenvalue weighted by atomic mass is 35.5. The molecule has 0 saturated carbocycles. The molecule has 1 saturated heterocycles. The summed E-state index contributed by atoms with van der Waals surface area (Å²) in [6.45, 7) is 5.89. The van der Waals surface area contributed by atoms with E-state index in [1.165, 1.54) is 22.6 Å². The van der Waals surface area contributed by atoms with E-state index in [2.05, 4.69) is 39.5 Å². The van der Waals surface area contributed by atoms with Crippen LogP contribution in [-0.2, 0) is 6.54 Å². The van der Waals surface area contributed by atoms with Gasteiger partial charge in [0.25, 0.3) is 5.91 Å². The summed E-state index contributed by atoms with van der Waals surface area (Å²) in [7, 11) is 0. The number of nitrogens with one attached hydrogen (secondary N) is 1. The predicted octanol–water partition coefficient (Wildman–Crippen LogP) is 4.68. The van der Waals surface area contributed by atoms with Crippen molar-refractivity contribution >= 4 is 40.2 Å². The zero-order chi connectivity index (χ0) is 20.2. The Balaban J connectivity index is 1.30. The maximum absolute atomic E-state index is 12.7. The summed E-state index contributed by atoms with van der Waals surface area (Å²) in [6, 6.07) is 16.2. The number of benzene rings is 2. The topological polar surface area (TPSA) is 48.5 Å². The molecule has 1 amide bonds. The Bertz CT molecular complexity index is 963. The van der Waals surface area contributed by atoms with Crippen LogP contribution in [0.4, 0.5) is 11.4 Å². The molecule has 0 aliphatic carbocycles. The van der Waals surface area contributed by atoms with Gasteiger partial charge in [-0.15, -0.1) is 11.3 Å². The van der Waals surface area contributed by atoms with Crippen molar-refractivity contribution in [3.8, 4) is 0 Å². The molecule has 1 aromatic heterocycles. The van der Waals surface area contributed by atoms with Crippen molar-refractivity contribution in [2.24, 2.45) is 0 Å². The van der Waals surface area contributed by atoms with Gasteiger partial charge >= 0.3 is 0 Å². The number of amides is 1. The second-order valence-electron chi connectivity index (χ2n) is 7.13. The highest BCUT2D eigenvalue weighted by molar-refractivity contribution is 7.15. The molecular formula is C22H23ClN4OS. The Morgan fingerprint density at radius 3 is 2.38 bits per heavy atom. The molecule has 0 unspecified atom stereocenters. The third-order valence-electron chi connectivity index (χ3n) is 5.09. The number of hydrogen-bond acceptors (Lipinski definition) is 5. The molecule has 4 rings (SSSR count). The fourth-order valence-corrected chi connectivity index (χ4v) is 4.31. The third kappa shape index (κ3) is 4.89. The molecule has 29 heavy (non-hydrogen) atoms. The van der Waals surface area contributed by atoms with Crippen LogP contribution in [0.5, 0.6) is 0 Å². The van der Waals surface area contributed by atoms with Crippen LogP contribution >= 0.6 is 22.9 Å². The Hall–Kier alpha value is -2.57. The van der Waals surface area contributed by atoms with Gasteiger partial charge in [0, 0.05) is 54.2 Å². The van der Waals surface area contributed by atoms with Gasteiger partial charge in [-0.2, -0.15) is 0 Å². The molecule has 0 spiro atoms. The van der Waals surface area contributed by atoms with Crippen LogP contribution in [0.3, 0.4) is 0 Å². The number of hydrogen-bond donors (Lipinski definition) is 1. The Labute approximate surface area is 179 Å². The fraction of sp³-hybridized carbons (Fsp3) is 0.273. The van der Waals surface area contributed by atoms with E-state index < -0.39 is 0 Å². The molecule has 1 fully saturated rings. The minimum absolute atomic E-state index is 0.118. The van der Waals surface area contributed by atoms with E-state index in [0.29, 0.717) is 11.0 Å². The number of anilines is 2. The highest BCUT2D eigenvalue weighted by Crippen LogP contribution is 2.22. The molecule has 0 bridgehead atoms. The molecule has 150 valence electrons. The van der Waals surface area contributed by atoms with Gasteiger partial charge in [-0.05, 0) is 43.3 Å². The molecule has 1 aliphatic rings. The van der Waals surface area contributed by atoms with E-state index in [0.717, 1.165) is 42.3 Å². The summed E-state index contributed by atoms with van der Waals surface area (Å²) in [6.07, 6.45) is 1.80. The molecule has 0 atom stereocenters. The minimum atomic E-state index is 0.118. The van der Waals surface area contributed by atoms with Crippen molar-refractivity contribution in [1.82, 2.24) is 9.88 Å². The standard InChI is InChI=1S/C22H23ClN4OS/c1-16-2-4-17(5-3-16)21(28)27-12-10-26(11-13-27)19-8-6-18(7-9-19)24-14-20-15-25-22(23)29-20/h2-9,15,24H,10-14H2,1H3. The van der Waals surface area contributed by atoms with E-state index >= 15 is 0 Å². The van der Waals surface area contributed by atoms with Crippen molar-refractivity contribution in [3.05, 3.63) is 75.2 Å². The summed E-state index contributed by atoms with van der Waals surface area (Å²) >= 11 is 7.36. The fourth-order valence-electron chi connectivity index (χ4n) is 3.39. The summed E-state index contributed by atoms with van der Waals surface area (Å²) in [5.74, 6) is 0.118. The first kappa shape index (κ1) is 19.7. The van der Waals surface area contributed by atoms with Crippen LogP contribution < -0.4 is 10.2 Å². The van der Waals surface area contributed by atoms with Crippen LogP contribution in [0, 0.1) is 6.92 Å². The van der Waals surface area contributed by atoms with Gasteiger partial charge in [0.2, 0.25) is 0 Å². The van der Waals surface area contributed by atoms with E-state index in [1.54, 1.807) is 6.20 Å². The number of thiazole rings is 1. The van der Waals surface area contributed by atoms with Gasteiger partial charge in [0.1, 0.15) is 0 Å². The first-order valence-corrected chi connectivity index (χ1v) is 10.8. The van der Waals surface area contributed by atoms with Crippen LogP contribution in [0.1, 0.15) is 20.8 Å². The summed E-state index contributed by atoms with van der Waals surface area (Å²) < 4.78 is 0.567. The Kier molecular flexibility index (Phi) is 6.02. The third-order valence-corrected chi connectivity index (χ3v) is 6.20. The molecule has 5 nitrogen and oxygen atoms in total.